The van der Waals surface area contributed by atoms with E-state index < -0.39 is 17.4 Å². The molecule has 3 N–H and O–H groups in total. The summed E-state index contributed by atoms with van der Waals surface area (Å²) in [6.45, 7) is 5.61. The molecule has 1 unspecified atom stereocenters. The third-order valence-corrected chi connectivity index (χ3v) is 3.08. The highest BCUT2D eigenvalue weighted by Crippen LogP contribution is 2.12. The molecule has 0 aromatic heterocycles. The van der Waals surface area contributed by atoms with Crippen LogP contribution in [0, 0.1) is 5.41 Å². The van der Waals surface area contributed by atoms with Crippen molar-refractivity contribution in [1.29, 1.82) is 0 Å². The van der Waals surface area contributed by atoms with Gasteiger partial charge >= 0.3 is 0 Å². The SMILES string of the molecule is CC(OCc1ccccc1)C(=O)NCC(C)(C)C(N)=O. The van der Waals surface area contributed by atoms with Crippen LogP contribution in [0.15, 0.2) is 30.3 Å². The first-order valence-electron chi connectivity index (χ1n) is 6.56. The van der Waals surface area contributed by atoms with Crippen LogP contribution in [0.1, 0.15) is 26.3 Å². The monoisotopic (exact) mass is 278 g/mol. The fourth-order valence-electron chi connectivity index (χ4n) is 1.41. The number of primary amides is 1. The minimum atomic E-state index is -0.769. The fraction of sp³-hybridized carbons (Fsp3) is 0.467. The molecule has 1 atom stereocenters. The Morgan fingerprint density at radius 1 is 1.30 bits per heavy atom. The second-order valence-corrected chi connectivity index (χ2v) is 5.40. The van der Waals surface area contributed by atoms with Crippen LogP contribution in [-0.2, 0) is 20.9 Å². The van der Waals surface area contributed by atoms with Gasteiger partial charge in [-0.05, 0) is 26.3 Å². The van der Waals surface area contributed by atoms with E-state index in [1.54, 1.807) is 20.8 Å². The van der Waals surface area contributed by atoms with E-state index in [2.05, 4.69) is 5.32 Å². The molecule has 5 heteroatoms. The van der Waals surface area contributed by atoms with Crippen molar-refractivity contribution in [3.05, 3.63) is 35.9 Å². The Labute approximate surface area is 119 Å². The zero-order valence-corrected chi connectivity index (χ0v) is 12.2. The summed E-state index contributed by atoms with van der Waals surface area (Å²) in [6.07, 6.45) is -0.584. The van der Waals surface area contributed by atoms with Gasteiger partial charge in [-0.2, -0.15) is 0 Å². The van der Waals surface area contributed by atoms with Gasteiger partial charge in [-0.1, -0.05) is 30.3 Å². The lowest BCUT2D eigenvalue weighted by molar-refractivity contribution is -0.133. The van der Waals surface area contributed by atoms with Crippen LogP contribution in [0.4, 0.5) is 0 Å². The van der Waals surface area contributed by atoms with E-state index in [4.69, 9.17) is 10.5 Å². The molecule has 0 bridgehead atoms. The predicted octanol–water partition coefficient (Wildman–Crippen LogP) is 1.22. The van der Waals surface area contributed by atoms with Gasteiger partial charge < -0.3 is 15.8 Å². The Morgan fingerprint density at radius 2 is 1.90 bits per heavy atom. The van der Waals surface area contributed by atoms with Gasteiger partial charge in [0.2, 0.25) is 11.8 Å². The topological polar surface area (TPSA) is 81.4 Å². The molecule has 0 aliphatic heterocycles. The van der Waals surface area contributed by atoms with E-state index in [1.165, 1.54) is 0 Å². The van der Waals surface area contributed by atoms with Crippen molar-refractivity contribution in [1.82, 2.24) is 5.32 Å². The number of nitrogens with two attached hydrogens (primary N) is 1. The summed E-state index contributed by atoms with van der Waals surface area (Å²) in [4.78, 5) is 23.0. The second-order valence-electron chi connectivity index (χ2n) is 5.40. The maximum Gasteiger partial charge on any atom is 0.248 e. The van der Waals surface area contributed by atoms with Gasteiger partial charge in [0.25, 0.3) is 0 Å². The number of amides is 2. The van der Waals surface area contributed by atoms with E-state index in [-0.39, 0.29) is 12.5 Å². The van der Waals surface area contributed by atoms with E-state index >= 15 is 0 Å². The lowest BCUT2D eigenvalue weighted by atomic mass is 9.93. The molecule has 0 saturated heterocycles. The molecule has 0 heterocycles. The quantitative estimate of drug-likeness (QED) is 0.787. The Kier molecular flexibility index (Phi) is 5.70. The molecule has 20 heavy (non-hydrogen) atoms. The van der Waals surface area contributed by atoms with Crippen molar-refractivity contribution in [2.75, 3.05) is 6.54 Å². The third kappa shape index (κ3) is 5.01. The van der Waals surface area contributed by atoms with Crippen LogP contribution in [0.25, 0.3) is 0 Å². The first-order valence-corrected chi connectivity index (χ1v) is 6.56. The second kappa shape index (κ2) is 7.05. The van der Waals surface area contributed by atoms with E-state index in [9.17, 15) is 9.59 Å². The first-order chi connectivity index (χ1) is 9.33. The van der Waals surface area contributed by atoms with Gasteiger partial charge in [-0.15, -0.1) is 0 Å². The fourth-order valence-corrected chi connectivity index (χ4v) is 1.41. The Bertz CT molecular complexity index is 457. The van der Waals surface area contributed by atoms with E-state index in [0.717, 1.165) is 5.56 Å². The number of rotatable bonds is 7. The standard InChI is InChI=1S/C15H22N2O3/c1-11(20-9-12-7-5-4-6-8-12)13(18)17-10-15(2,3)14(16)19/h4-8,11H,9-10H2,1-3H3,(H2,16,19)(H,17,18). The molecule has 0 aliphatic carbocycles. The molecule has 0 radical (unpaired) electrons. The van der Waals surface area contributed by atoms with Crippen LogP contribution < -0.4 is 11.1 Å². The highest BCUT2D eigenvalue weighted by Gasteiger charge is 2.26. The average molecular weight is 278 g/mol. The van der Waals surface area contributed by atoms with Gasteiger partial charge in [0.1, 0.15) is 6.10 Å². The van der Waals surface area contributed by atoms with Crippen LogP contribution in [0.3, 0.4) is 0 Å². The van der Waals surface area contributed by atoms with Gasteiger partial charge in [0.15, 0.2) is 0 Å². The number of carbonyl (C=O) groups is 2. The largest absolute Gasteiger partial charge is 0.369 e. The number of nitrogens with one attached hydrogen (secondary N) is 1. The smallest absolute Gasteiger partial charge is 0.248 e. The summed E-state index contributed by atoms with van der Waals surface area (Å²) >= 11 is 0. The highest BCUT2D eigenvalue weighted by molar-refractivity contribution is 5.83. The highest BCUT2D eigenvalue weighted by atomic mass is 16.5. The Hall–Kier alpha value is -1.88. The number of benzene rings is 1. The molecular formula is C15H22N2O3. The molecule has 0 fully saturated rings. The summed E-state index contributed by atoms with van der Waals surface area (Å²) in [5.74, 6) is -0.703. The summed E-state index contributed by atoms with van der Waals surface area (Å²) in [5.41, 5.74) is 5.48. The molecule has 2 amide bonds. The molecule has 110 valence electrons. The van der Waals surface area contributed by atoms with Crippen LogP contribution in [0.5, 0.6) is 0 Å². The summed E-state index contributed by atoms with van der Waals surface area (Å²) < 4.78 is 5.49. The zero-order valence-electron chi connectivity index (χ0n) is 12.2. The Morgan fingerprint density at radius 3 is 2.45 bits per heavy atom. The molecule has 1 rings (SSSR count). The molecule has 1 aromatic carbocycles. The van der Waals surface area contributed by atoms with Crippen molar-refractivity contribution in [3.8, 4) is 0 Å². The van der Waals surface area contributed by atoms with Gasteiger partial charge in [0, 0.05) is 6.54 Å². The summed E-state index contributed by atoms with van der Waals surface area (Å²) in [7, 11) is 0. The first kappa shape index (κ1) is 16.2. The van der Waals surface area contributed by atoms with E-state index in [0.29, 0.717) is 6.61 Å². The third-order valence-electron chi connectivity index (χ3n) is 3.08. The normalized spacial score (nSPS) is 12.8. The van der Waals surface area contributed by atoms with Crippen molar-refractivity contribution >= 4 is 11.8 Å². The maximum atomic E-state index is 11.8. The molecule has 0 aliphatic rings. The van der Waals surface area contributed by atoms with Gasteiger partial charge in [-0.25, -0.2) is 0 Å². The van der Waals surface area contributed by atoms with Gasteiger partial charge in [0.05, 0.1) is 12.0 Å². The molecule has 1 aromatic rings. The van der Waals surface area contributed by atoms with Crippen LogP contribution in [-0.4, -0.2) is 24.5 Å². The number of ether oxygens (including phenoxy) is 1. The van der Waals surface area contributed by atoms with Crippen molar-refractivity contribution in [3.63, 3.8) is 0 Å². The molecule has 5 nitrogen and oxygen atoms in total. The maximum absolute atomic E-state index is 11.8. The number of hydrogen-bond acceptors (Lipinski definition) is 3. The van der Waals surface area contributed by atoms with Crippen LogP contribution >= 0.6 is 0 Å². The number of carbonyl (C=O) groups excluding carboxylic acids is 2. The van der Waals surface area contributed by atoms with Crippen molar-refractivity contribution < 1.29 is 14.3 Å². The van der Waals surface area contributed by atoms with Crippen molar-refractivity contribution in [2.24, 2.45) is 11.1 Å². The van der Waals surface area contributed by atoms with Gasteiger partial charge in [-0.3, -0.25) is 9.59 Å². The zero-order chi connectivity index (χ0) is 15.2. The summed E-state index contributed by atoms with van der Waals surface area (Å²) in [6, 6.07) is 9.62. The predicted molar refractivity (Wildman–Crippen MR) is 76.7 cm³/mol. The molecule has 0 spiro atoms. The summed E-state index contributed by atoms with van der Waals surface area (Å²) in [5, 5.41) is 2.68. The van der Waals surface area contributed by atoms with E-state index in [1.807, 2.05) is 30.3 Å². The minimum Gasteiger partial charge on any atom is -0.369 e. The number of hydrogen-bond donors (Lipinski definition) is 2. The minimum absolute atomic E-state index is 0.195. The van der Waals surface area contributed by atoms with Crippen LogP contribution in [0.2, 0.25) is 0 Å². The molecule has 0 saturated carbocycles. The molecular weight excluding hydrogens is 256 g/mol. The average Bonchev–Trinajstić information content (AvgIpc) is 2.43. The lowest BCUT2D eigenvalue weighted by Gasteiger charge is -2.22. The van der Waals surface area contributed by atoms with Crippen molar-refractivity contribution in [2.45, 2.75) is 33.5 Å². The Balaban J connectivity index is 2.38. The lowest BCUT2D eigenvalue weighted by Crippen LogP contribution is -2.45.